The van der Waals surface area contributed by atoms with Gasteiger partial charge in [-0.3, -0.25) is 14.7 Å². The third-order valence-corrected chi connectivity index (χ3v) is 4.74. The molecule has 0 aliphatic carbocycles. The number of amides is 2. The molecule has 0 aliphatic rings. The fourth-order valence-corrected chi connectivity index (χ4v) is 3.32. The first-order valence-electron chi connectivity index (χ1n) is 6.45. The number of carbonyl (C=O) groups excluding carboxylic acids is 2. The summed E-state index contributed by atoms with van der Waals surface area (Å²) in [7, 11) is 0. The minimum Gasteiger partial charge on any atom is -0.347 e. The van der Waals surface area contributed by atoms with Crippen molar-refractivity contribution in [1.82, 2.24) is 25.4 Å². The van der Waals surface area contributed by atoms with Gasteiger partial charge in [0.25, 0.3) is 5.91 Å². The number of rotatable bonds is 6. The molecule has 0 fully saturated rings. The van der Waals surface area contributed by atoms with Crippen molar-refractivity contribution in [3.05, 3.63) is 31.4 Å². The minimum absolute atomic E-state index is 0.0916. The summed E-state index contributed by atoms with van der Waals surface area (Å²) in [6.45, 7) is 2.77. The highest BCUT2D eigenvalue weighted by Crippen LogP contribution is 2.21. The summed E-state index contributed by atoms with van der Waals surface area (Å²) in [4.78, 5) is 24.1. The zero-order chi connectivity index (χ0) is 16.1. The van der Waals surface area contributed by atoms with Gasteiger partial charge in [0.05, 0.1) is 21.8 Å². The van der Waals surface area contributed by atoms with Crippen molar-refractivity contribution in [2.24, 2.45) is 0 Å². The molecule has 0 aromatic carbocycles. The molecule has 0 bridgehead atoms. The quantitative estimate of drug-likeness (QED) is 0.641. The molecule has 10 heteroatoms. The fraction of sp³-hybridized carbons (Fsp3) is 0.333. The van der Waals surface area contributed by atoms with E-state index in [0.717, 1.165) is 3.79 Å². The third-order valence-electron chi connectivity index (χ3n) is 2.80. The van der Waals surface area contributed by atoms with Crippen molar-refractivity contribution in [2.75, 3.05) is 6.54 Å². The number of nitrogens with zero attached hydrogens (tertiary/aromatic N) is 2. The van der Waals surface area contributed by atoms with Gasteiger partial charge < -0.3 is 15.2 Å². The molecular weight excluding hydrogens is 390 g/mol. The summed E-state index contributed by atoms with van der Waals surface area (Å²) >= 11 is 9.66. The Bertz CT molecular complexity index is 736. The summed E-state index contributed by atoms with van der Waals surface area (Å²) in [5, 5.41) is 12.0. The van der Waals surface area contributed by atoms with E-state index in [9.17, 15) is 9.59 Å². The van der Waals surface area contributed by atoms with Gasteiger partial charge in [0, 0.05) is 6.54 Å². The zero-order valence-electron chi connectivity index (χ0n) is 11.7. The second-order valence-electron chi connectivity index (χ2n) is 4.25. The second-order valence-corrected chi connectivity index (χ2v) is 7.10. The Labute approximate surface area is 144 Å². The van der Waals surface area contributed by atoms with E-state index in [2.05, 4.69) is 36.8 Å². The number of thiophene rings is 1. The van der Waals surface area contributed by atoms with E-state index in [4.69, 9.17) is 12.2 Å². The first-order valence-corrected chi connectivity index (χ1v) is 8.47. The van der Waals surface area contributed by atoms with Gasteiger partial charge in [-0.1, -0.05) is 0 Å². The van der Waals surface area contributed by atoms with E-state index in [1.807, 2.05) is 6.92 Å². The predicted molar refractivity (Wildman–Crippen MR) is 89.3 cm³/mol. The van der Waals surface area contributed by atoms with Crippen LogP contribution in [0.1, 0.15) is 22.4 Å². The van der Waals surface area contributed by atoms with Crippen LogP contribution in [0.4, 0.5) is 0 Å². The Morgan fingerprint density at radius 3 is 2.86 bits per heavy atom. The number of aromatic amines is 1. The molecule has 0 saturated heterocycles. The van der Waals surface area contributed by atoms with Gasteiger partial charge in [-0.05, 0) is 47.2 Å². The fourth-order valence-electron chi connectivity index (χ4n) is 1.74. The van der Waals surface area contributed by atoms with Crippen LogP contribution in [-0.4, -0.2) is 33.1 Å². The van der Waals surface area contributed by atoms with E-state index in [1.54, 1.807) is 16.7 Å². The maximum absolute atomic E-state index is 11.8. The number of hydrogen-bond donors (Lipinski definition) is 3. The van der Waals surface area contributed by atoms with Crippen molar-refractivity contribution < 1.29 is 9.59 Å². The van der Waals surface area contributed by atoms with E-state index in [0.29, 0.717) is 22.0 Å². The van der Waals surface area contributed by atoms with Gasteiger partial charge in [0.1, 0.15) is 0 Å². The van der Waals surface area contributed by atoms with Crippen LogP contribution in [0.25, 0.3) is 0 Å². The molecule has 3 N–H and O–H groups in total. The standard InChI is InChI=1S/C12H14BrN5O2S2/c1-2-18-9(16-17-12(18)21)5-14-10(19)6-15-11(20)7-3-4-8(13)22-7/h3-4H,2,5-6H2,1H3,(H,14,19)(H,15,20)(H,17,21). The predicted octanol–water partition coefficient (Wildman–Crippen LogP) is 1.83. The lowest BCUT2D eigenvalue weighted by Crippen LogP contribution is -2.36. The molecule has 22 heavy (non-hydrogen) atoms. The zero-order valence-corrected chi connectivity index (χ0v) is 14.9. The molecule has 0 radical (unpaired) electrons. The van der Waals surface area contributed by atoms with Crippen LogP contribution in [0.15, 0.2) is 15.9 Å². The molecule has 0 saturated carbocycles. The van der Waals surface area contributed by atoms with Crippen molar-refractivity contribution in [3.63, 3.8) is 0 Å². The molecular formula is C12H14BrN5O2S2. The average molecular weight is 404 g/mol. The summed E-state index contributed by atoms with van der Waals surface area (Å²) in [5.41, 5.74) is 0. The van der Waals surface area contributed by atoms with Crippen LogP contribution < -0.4 is 10.6 Å². The summed E-state index contributed by atoms with van der Waals surface area (Å²) in [6, 6.07) is 3.48. The molecule has 2 aromatic heterocycles. The molecule has 7 nitrogen and oxygen atoms in total. The highest BCUT2D eigenvalue weighted by atomic mass is 79.9. The van der Waals surface area contributed by atoms with Crippen LogP contribution in [0.3, 0.4) is 0 Å². The van der Waals surface area contributed by atoms with Crippen molar-refractivity contribution in [1.29, 1.82) is 0 Å². The van der Waals surface area contributed by atoms with E-state index >= 15 is 0 Å². The smallest absolute Gasteiger partial charge is 0.261 e. The molecule has 0 unspecified atom stereocenters. The molecule has 0 spiro atoms. The minimum atomic E-state index is -0.291. The van der Waals surface area contributed by atoms with Gasteiger partial charge in [-0.25, -0.2) is 0 Å². The van der Waals surface area contributed by atoms with Crippen molar-refractivity contribution in [3.8, 4) is 0 Å². The third kappa shape index (κ3) is 4.24. The number of halogens is 1. The Kier molecular flexibility index (Phi) is 5.86. The SMILES string of the molecule is CCn1c(CNC(=O)CNC(=O)c2ccc(Br)s2)n[nH]c1=S. The van der Waals surface area contributed by atoms with Crippen LogP contribution in [0.2, 0.25) is 0 Å². The molecule has 118 valence electrons. The molecule has 2 heterocycles. The maximum atomic E-state index is 11.8. The lowest BCUT2D eigenvalue weighted by Gasteiger charge is -2.07. The first-order chi connectivity index (χ1) is 10.5. The first kappa shape index (κ1) is 16.8. The highest BCUT2D eigenvalue weighted by Gasteiger charge is 2.11. The lowest BCUT2D eigenvalue weighted by molar-refractivity contribution is -0.120. The van der Waals surface area contributed by atoms with Gasteiger partial charge in [0.2, 0.25) is 5.91 Å². The molecule has 2 aromatic rings. The van der Waals surface area contributed by atoms with Gasteiger partial charge >= 0.3 is 0 Å². The Morgan fingerprint density at radius 2 is 2.23 bits per heavy atom. The number of nitrogens with one attached hydrogen (secondary N) is 3. The number of carbonyl (C=O) groups is 2. The normalized spacial score (nSPS) is 10.5. The van der Waals surface area contributed by atoms with Crippen LogP contribution >= 0.6 is 39.5 Å². The van der Waals surface area contributed by atoms with E-state index in [1.165, 1.54) is 11.3 Å². The van der Waals surface area contributed by atoms with Gasteiger partial charge in [-0.15, -0.1) is 11.3 Å². The summed E-state index contributed by atoms with van der Waals surface area (Å²) in [6.07, 6.45) is 0. The molecule has 2 amide bonds. The summed E-state index contributed by atoms with van der Waals surface area (Å²) < 4.78 is 3.17. The number of hydrogen-bond acceptors (Lipinski definition) is 5. The highest BCUT2D eigenvalue weighted by molar-refractivity contribution is 9.11. The van der Waals surface area contributed by atoms with Gasteiger partial charge in [0.15, 0.2) is 10.6 Å². The number of aromatic nitrogens is 3. The molecule has 0 atom stereocenters. The second kappa shape index (κ2) is 7.65. The maximum Gasteiger partial charge on any atom is 0.261 e. The molecule has 0 aliphatic heterocycles. The van der Waals surface area contributed by atoms with Crippen LogP contribution in [0, 0.1) is 4.77 Å². The van der Waals surface area contributed by atoms with E-state index in [-0.39, 0.29) is 24.9 Å². The topological polar surface area (TPSA) is 91.8 Å². The van der Waals surface area contributed by atoms with Gasteiger partial charge in [-0.2, -0.15) is 5.10 Å². The largest absolute Gasteiger partial charge is 0.347 e. The lowest BCUT2D eigenvalue weighted by atomic mass is 10.4. The van der Waals surface area contributed by atoms with Crippen molar-refractivity contribution in [2.45, 2.75) is 20.0 Å². The van der Waals surface area contributed by atoms with Crippen molar-refractivity contribution >= 4 is 51.3 Å². The Morgan fingerprint density at radius 1 is 1.45 bits per heavy atom. The molecule has 2 rings (SSSR count). The van der Waals surface area contributed by atoms with Crippen LogP contribution in [-0.2, 0) is 17.9 Å². The van der Waals surface area contributed by atoms with Crippen LogP contribution in [0.5, 0.6) is 0 Å². The monoisotopic (exact) mass is 403 g/mol. The average Bonchev–Trinajstić information content (AvgIpc) is 3.08. The van der Waals surface area contributed by atoms with E-state index < -0.39 is 0 Å². The number of H-pyrrole nitrogens is 1. The Balaban J connectivity index is 1.81. The Hall–Kier alpha value is -1.52. The summed E-state index contributed by atoms with van der Waals surface area (Å²) in [5.74, 6) is 0.0805.